The average molecular weight is 354 g/mol. The molecule has 2 amide bonds. The van der Waals surface area contributed by atoms with Crippen LogP contribution in [0.1, 0.15) is 22.0 Å². The van der Waals surface area contributed by atoms with Gasteiger partial charge in [0.2, 0.25) is 5.91 Å². The van der Waals surface area contributed by atoms with Crippen LogP contribution >= 0.6 is 0 Å². The number of ether oxygens (including phenoxy) is 2. The Hall–Kier alpha value is -2.70. The van der Waals surface area contributed by atoms with E-state index >= 15 is 0 Å². The van der Waals surface area contributed by atoms with E-state index in [0.717, 1.165) is 5.56 Å². The molecule has 3 rings (SSSR count). The van der Waals surface area contributed by atoms with Gasteiger partial charge < -0.3 is 20.1 Å². The number of benzene rings is 2. The summed E-state index contributed by atoms with van der Waals surface area (Å²) in [7, 11) is 0. The third kappa shape index (κ3) is 4.91. The molecular weight excluding hydrogens is 332 g/mol. The van der Waals surface area contributed by atoms with Crippen molar-refractivity contribution in [1.82, 2.24) is 10.6 Å². The highest BCUT2D eigenvalue weighted by atomic mass is 16.6. The molecular formula is C20H22N2O4. The summed E-state index contributed by atoms with van der Waals surface area (Å²) in [6, 6.07) is 17.2. The average Bonchev–Trinajstić information content (AvgIpc) is 2.72. The van der Waals surface area contributed by atoms with Gasteiger partial charge in [-0.05, 0) is 17.7 Å². The first-order valence-electron chi connectivity index (χ1n) is 8.62. The Morgan fingerprint density at radius 2 is 1.69 bits per heavy atom. The highest BCUT2D eigenvalue weighted by Gasteiger charge is 2.24. The zero-order valence-corrected chi connectivity index (χ0v) is 14.4. The second-order valence-corrected chi connectivity index (χ2v) is 6.00. The van der Waals surface area contributed by atoms with Gasteiger partial charge in [0, 0.05) is 12.1 Å². The van der Waals surface area contributed by atoms with Crippen molar-refractivity contribution in [2.45, 2.75) is 12.1 Å². The van der Waals surface area contributed by atoms with Gasteiger partial charge in [0.15, 0.2) is 0 Å². The number of carbonyl (C=O) groups excluding carboxylic acids is 2. The molecule has 2 aromatic rings. The van der Waals surface area contributed by atoms with E-state index in [1.807, 2.05) is 36.4 Å². The van der Waals surface area contributed by atoms with Gasteiger partial charge in [-0.1, -0.05) is 48.5 Å². The van der Waals surface area contributed by atoms with Crippen molar-refractivity contribution in [2.75, 3.05) is 26.4 Å². The lowest BCUT2D eigenvalue weighted by Crippen LogP contribution is -2.45. The maximum absolute atomic E-state index is 12.7. The smallest absolute Gasteiger partial charge is 0.252 e. The van der Waals surface area contributed by atoms with Crippen LogP contribution in [0.4, 0.5) is 0 Å². The lowest BCUT2D eigenvalue weighted by atomic mass is 10.1. The predicted molar refractivity (Wildman–Crippen MR) is 96.7 cm³/mol. The molecule has 0 aromatic heterocycles. The molecule has 2 N–H and O–H groups in total. The fourth-order valence-corrected chi connectivity index (χ4v) is 2.72. The third-order valence-corrected chi connectivity index (χ3v) is 4.10. The molecule has 0 aliphatic carbocycles. The van der Waals surface area contributed by atoms with Crippen molar-refractivity contribution in [2.24, 2.45) is 0 Å². The van der Waals surface area contributed by atoms with Gasteiger partial charge in [0.05, 0.1) is 25.9 Å². The zero-order chi connectivity index (χ0) is 18.2. The molecule has 2 aromatic carbocycles. The van der Waals surface area contributed by atoms with Gasteiger partial charge in [-0.25, -0.2) is 0 Å². The summed E-state index contributed by atoms with van der Waals surface area (Å²) in [5, 5.41) is 5.66. The Morgan fingerprint density at radius 1 is 1.00 bits per heavy atom. The minimum absolute atomic E-state index is 0.172. The first-order valence-corrected chi connectivity index (χ1v) is 8.62. The molecule has 6 nitrogen and oxygen atoms in total. The van der Waals surface area contributed by atoms with E-state index in [-0.39, 0.29) is 17.9 Å². The maximum Gasteiger partial charge on any atom is 0.252 e. The first-order chi connectivity index (χ1) is 12.7. The number of amides is 2. The predicted octanol–water partition coefficient (Wildman–Crippen LogP) is 1.69. The van der Waals surface area contributed by atoms with Crippen LogP contribution in [0.5, 0.6) is 0 Å². The summed E-state index contributed by atoms with van der Waals surface area (Å²) in [4.78, 5) is 25.2. The van der Waals surface area contributed by atoms with Crippen molar-refractivity contribution in [3.05, 3.63) is 71.8 Å². The standard InChI is InChI=1S/C20H22N2O4/c23-19(16-9-5-2-6-10-16)22-18(15-7-3-1-4-8-15)20(24)21-13-17-14-25-11-12-26-17/h1-10,17-18H,11-14H2,(H,21,24)(H,22,23)/t17-,18+/m0/s1. The van der Waals surface area contributed by atoms with E-state index in [1.165, 1.54) is 0 Å². The lowest BCUT2D eigenvalue weighted by molar-refractivity contribution is -0.125. The summed E-state index contributed by atoms with van der Waals surface area (Å²) in [5.74, 6) is -0.582. The molecule has 0 radical (unpaired) electrons. The van der Waals surface area contributed by atoms with E-state index in [2.05, 4.69) is 10.6 Å². The summed E-state index contributed by atoms with van der Waals surface area (Å²) < 4.78 is 10.9. The minimum Gasteiger partial charge on any atom is -0.376 e. The lowest BCUT2D eigenvalue weighted by Gasteiger charge is -2.25. The van der Waals surface area contributed by atoms with Crippen LogP contribution in [-0.2, 0) is 14.3 Å². The quantitative estimate of drug-likeness (QED) is 0.828. The molecule has 1 aliphatic rings. The Morgan fingerprint density at radius 3 is 2.35 bits per heavy atom. The van der Waals surface area contributed by atoms with Crippen LogP contribution in [0.15, 0.2) is 60.7 Å². The highest BCUT2D eigenvalue weighted by molar-refractivity contribution is 5.97. The number of hydrogen-bond acceptors (Lipinski definition) is 4. The van der Waals surface area contributed by atoms with Crippen molar-refractivity contribution in [3.63, 3.8) is 0 Å². The Balaban J connectivity index is 1.68. The van der Waals surface area contributed by atoms with Crippen LogP contribution in [0.2, 0.25) is 0 Å². The van der Waals surface area contributed by atoms with Gasteiger partial charge >= 0.3 is 0 Å². The molecule has 1 saturated heterocycles. The third-order valence-electron chi connectivity index (χ3n) is 4.10. The zero-order valence-electron chi connectivity index (χ0n) is 14.4. The molecule has 26 heavy (non-hydrogen) atoms. The first kappa shape index (κ1) is 18.1. The molecule has 136 valence electrons. The van der Waals surface area contributed by atoms with E-state index < -0.39 is 6.04 Å². The number of hydrogen-bond donors (Lipinski definition) is 2. The molecule has 1 fully saturated rings. The molecule has 0 bridgehead atoms. The van der Waals surface area contributed by atoms with Gasteiger partial charge in [-0.3, -0.25) is 9.59 Å². The van der Waals surface area contributed by atoms with E-state index in [9.17, 15) is 9.59 Å². The Labute approximate surface area is 152 Å². The molecule has 0 spiro atoms. The fourth-order valence-electron chi connectivity index (χ4n) is 2.72. The Bertz CT molecular complexity index is 715. The summed E-state index contributed by atoms with van der Waals surface area (Å²) in [6.45, 7) is 1.88. The largest absolute Gasteiger partial charge is 0.376 e. The fraction of sp³-hybridized carbons (Fsp3) is 0.300. The SMILES string of the molecule is O=C(N[C@@H](C(=O)NC[C@H]1COCCO1)c1ccccc1)c1ccccc1. The van der Waals surface area contributed by atoms with Crippen LogP contribution in [-0.4, -0.2) is 44.3 Å². The van der Waals surface area contributed by atoms with Crippen molar-refractivity contribution in [3.8, 4) is 0 Å². The van der Waals surface area contributed by atoms with Crippen LogP contribution in [0.3, 0.4) is 0 Å². The van der Waals surface area contributed by atoms with Crippen LogP contribution < -0.4 is 10.6 Å². The maximum atomic E-state index is 12.7. The number of rotatable bonds is 6. The van der Waals surface area contributed by atoms with Crippen molar-refractivity contribution in [1.29, 1.82) is 0 Å². The van der Waals surface area contributed by atoms with Crippen molar-refractivity contribution < 1.29 is 19.1 Å². The van der Waals surface area contributed by atoms with Crippen LogP contribution in [0, 0.1) is 0 Å². The summed E-state index contributed by atoms with van der Waals surface area (Å²) >= 11 is 0. The second-order valence-electron chi connectivity index (χ2n) is 6.00. The number of nitrogens with one attached hydrogen (secondary N) is 2. The minimum atomic E-state index is -0.784. The molecule has 6 heteroatoms. The number of carbonyl (C=O) groups is 2. The van der Waals surface area contributed by atoms with Crippen molar-refractivity contribution >= 4 is 11.8 Å². The van der Waals surface area contributed by atoms with Crippen LogP contribution in [0.25, 0.3) is 0 Å². The molecule has 1 aliphatic heterocycles. The topological polar surface area (TPSA) is 76.7 Å². The van der Waals surface area contributed by atoms with Gasteiger partial charge in [0.1, 0.15) is 6.04 Å². The molecule has 0 unspecified atom stereocenters. The van der Waals surface area contributed by atoms with Gasteiger partial charge in [-0.15, -0.1) is 0 Å². The summed E-state index contributed by atoms with van der Waals surface area (Å²) in [6.07, 6.45) is -0.172. The van der Waals surface area contributed by atoms with E-state index in [1.54, 1.807) is 24.3 Å². The van der Waals surface area contributed by atoms with Gasteiger partial charge in [0.25, 0.3) is 5.91 Å². The van der Waals surface area contributed by atoms with E-state index in [4.69, 9.17) is 9.47 Å². The monoisotopic (exact) mass is 354 g/mol. The Kier molecular flexibility index (Phi) is 6.35. The molecule has 1 heterocycles. The van der Waals surface area contributed by atoms with E-state index in [0.29, 0.717) is 31.9 Å². The summed E-state index contributed by atoms with van der Waals surface area (Å²) in [5.41, 5.74) is 1.22. The normalized spacial score (nSPS) is 17.9. The highest BCUT2D eigenvalue weighted by Crippen LogP contribution is 2.14. The van der Waals surface area contributed by atoms with Gasteiger partial charge in [-0.2, -0.15) is 0 Å². The second kappa shape index (κ2) is 9.12. The molecule has 0 saturated carbocycles. The molecule has 2 atom stereocenters.